The molecule has 11 nitrogen and oxygen atoms in total. The summed E-state index contributed by atoms with van der Waals surface area (Å²) in [6.45, 7) is 1.12. The summed E-state index contributed by atoms with van der Waals surface area (Å²) >= 11 is 1.35. The van der Waals surface area contributed by atoms with Crippen molar-refractivity contribution in [3.63, 3.8) is 0 Å². The van der Waals surface area contributed by atoms with Crippen molar-refractivity contribution in [1.82, 2.24) is 14.2 Å². The van der Waals surface area contributed by atoms with Crippen molar-refractivity contribution in [3.05, 3.63) is 42.0 Å². The number of rotatable bonds is 14. The van der Waals surface area contributed by atoms with E-state index >= 15 is 0 Å². The summed E-state index contributed by atoms with van der Waals surface area (Å²) < 4.78 is 39.1. The molecule has 212 valence electrons. The molecular weight excluding hydrogens is 552 g/mol. The SMILES string of the molecule is COc1cc2nc(N(CCCN(C)C)C(=O)c3ccc(S(=O)(=O)N(CCC#N)CCC#N)cc3)sc2cc1OC. The quantitative estimate of drug-likeness (QED) is 0.277. The Balaban J connectivity index is 1.94. The van der Waals surface area contributed by atoms with Crippen LogP contribution in [0.5, 0.6) is 11.5 Å². The van der Waals surface area contributed by atoms with Gasteiger partial charge in [0.1, 0.15) is 0 Å². The van der Waals surface area contributed by atoms with Crippen LogP contribution in [-0.4, -0.2) is 83.0 Å². The number of sulfonamides is 1. The number of amides is 1. The van der Waals surface area contributed by atoms with Gasteiger partial charge in [0.2, 0.25) is 10.0 Å². The highest BCUT2D eigenvalue weighted by atomic mass is 32.2. The fourth-order valence-corrected chi connectivity index (χ4v) is 6.41. The van der Waals surface area contributed by atoms with Gasteiger partial charge < -0.3 is 14.4 Å². The van der Waals surface area contributed by atoms with E-state index in [-0.39, 0.29) is 36.7 Å². The van der Waals surface area contributed by atoms with Crippen LogP contribution in [0.25, 0.3) is 10.2 Å². The predicted octanol–water partition coefficient (Wildman–Crippen LogP) is 3.73. The summed E-state index contributed by atoms with van der Waals surface area (Å²) in [6.07, 6.45) is 0.701. The first-order valence-electron chi connectivity index (χ1n) is 12.5. The second-order valence-electron chi connectivity index (χ2n) is 9.03. The summed E-state index contributed by atoms with van der Waals surface area (Å²) in [5.41, 5.74) is 0.971. The van der Waals surface area contributed by atoms with E-state index in [9.17, 15) is 13.2 Å². The summed E-state index contributed by atoms with van der Waals surface area (Å²) in [7, 11) is 3.07. The molecule has 1 amide bonds. The van der Waals surface area contributed by atoms with Crippen molar-refractivity contribution < 1.29 is 22.7 Å². The van der Waals surface area contributed by atoms with Crippen molar-refractivity contribution in [2.45, 2.75) is 24.2 Å². The summed E-state index contributed by atoms with van der Waals surface area (Å²) in [4.78, 5) is 22.0. The molecule has 1 heterocycles. The molecule has 40 heavy (non-hydrogen) atoms. The number of fused-ring (bicyclic) bond motifs is 1. The van der Waals surface area contributed by atoms with E-state index in [1.54, 1.807) is 25.2 Å². The Morgan fingerprint density at radius 2 is 1.55 bits per heavy atom. The number of carbonyl (C=O) groups excluding carboxylic acids is 1. The zero-order valence-electron chi connectivity index (χ0n) is 23.0. The van der Waals surface area contributed by atoms with Gasteiger partial charge in [0.05, 0.1) is 41.5 Å². The monoisotopic (exact) mass is 584 g/mol. The van der Waals surface area contributed by atoms with Crippen LogP contribution >= 0.6 is 11.3 Å². The number of thiazole rings is 1. The van der Waals surface area contributed by atoms with Crippen LogP contribution in [0.1, 0.15) is 29.6 Å². The third-order valence-electron chi connectivity index (χ3n) is 6.03. The van der Waals surface area contributed by atoms with Crippen molar-refractivity contribution in [2.75, 3.05) is 59.4 Å². The number of hydrogen-bond acceptors (Lipinski definition) is 10. The van der Waals surface area contributed by atoms with Gasteiger partial charge in [-0.1, -0.05) is 11.3 Å². The number of anilines is 1. The first kappa shape index (κ1) is 30.8. The number of nitriles is 2. The molecule has 0 aliphatic carbocycles. The molecule has 0 aliphatic rings. The molecule has 0 unspecified atom stereocenters. The molecular formula is C27H32N6O5S2. The highest BCUT2D eigenvalue weighted by molar-refractivity contribution is 7.89. The van der Waals surface area contributed by atoms with Crippen LogP contribution in [0.4, 0.5) is 5.13 Å². The minimum Gasteiger partial charge on any atom is -0.493 e. The van der Waals surface area contributed by atoms with Crippen LogP contribution in [-0.2, 0) is 10.0 Å². The first-order valence-corrected chi connectivity index (χ1v) is 14.7. The number of nitrogens with zero attached hydrogens (tertiary/aromatic N) is 6. The number of benzene rings is 2. The molecule has 13 heteroatoms. The van der Waals surface area contributed by atoms with E-state index in [0.717, 1.165) is 15.5 Å². The third kappa shape index (κ3) is 7.25. The summed E-state index contributed by atoms with van der Waals surface area (Å²) in [6, 6.07) is 13.2. The fraction of sp³-hybridized carbons (Fsp3) is 0.407. The highest BCUT2D eigenvalue weighted by Crippen LogP contribution is 2.37. The van der Waals surface area contributed by atoms with E-state index in [0.29, 0.717) is 40.7 Å². The molecule has 0 spiro atoms. The van der Waals surface area contributed by atoms with E-state index in [1.165, 1.54) is 35.6 Å². The molecule has 3 rings (SSSR count). The van der Waals surface area contributed by atoms with Crippen LogP contribution in [0.2, 0.25) is 0 Å². The van der Waals surface area contributed by atoms with Gasteiger partial charge in [0, 0.05) is 50.2 Å². The highest BCUT2D eigenvalue weighted by Gasteiger charge is 2.26. The van der Waals surface area contributed by atoms with Gasteiger partial charge in [0.25, 0.3) is 5.91 Å². The summed E-state index contributed by atoms with van der Waals surface area (Å²) in [5.74, 6) is 0.783. The molecule has 0 fully saturated rings. The normalized spacial score (nSPS) is 11.4. The predicted molar refractivity (Wildman–Crippen MR) is 153 cm³/mol. The fourth-order valence-electron chi connectivity index (χ4n) is 3.96. The van der Waals surface area contributed by atoms with E-state index in [2.05, 4.69) is 0 Å². The van der Waals surface area contributed by atoms with E-state index < -0.39 is 10.0 Å². The van der Waals surface area contributed by atoms with Crippen LogP contribution in [0.15, 0.2) is 41.3 Å². The van der Waals surface area contributed by atoms with Gasteiger partial charge in [-0.25, -0.2) is 13.4 Å². The minimum atomic E-state index is -3.95. The lowest BCUT2D eigenvalue weighted by Gasteiger charge is -2.22. The number of methoxy groups -OCH3 is 2. The number of carbonyl (C=O) groups is 1. The van der Waals surface area contributed by atoms with E-state index in [4.69, 9.17) is 25.0 Å². The van der Waals surface area contributed by atoms with Crippen molar-refractivity contribution in [3.8, 4) is 23.6 Å². The zero-order chi connectivity index (χ0) is 29.3. The molecule has 0 saturated carbocycles. The lowest BCUT2D eigenvalue weighted by Crippen LogP contribution is -2.34. The Kier molecular flexibility index (Phi) is 10.8. The average Bonchev–Trinajstić information content (AvgIpc) is 3.36. The second-order valence-corrected chi connectivity index (χ2v) is 12.0. The average molecular weight is 585 g/mol. The molecule has 0 atom stereocenters. The molecule has 0 bridgehead atoms. The molecule has 0 aliphatic heterocycles. The summed E-state index contributed by atoms with van der Waals surface area (Å²) in [5, 5.41) is 18.3. The van der Waals surface area contributed by atoms with Crippen molar-refractivity contribution in [2.24, 2.45) is 0 Å². The lowest BCUT2D eigenvalue weighted by atomic mass is 10.2. The Morgan fingerprint density at radius 3 is 2.10 bits per heavy atom. The van der Waals surface area contributed by atoms with Crippen LogP contribution < -0.4 is 14.4 Å². The Hall–Kier alpha value is -3.75. The van der Waals surface area contributed by atoms with Crippen molar-refractivity contribution in [1.29, 1.82) is 10.5 Å². The van der Waals surface area contributed by atoms with Gasteiger partial charge in [-0.15, -0.1) is 0 Å². The number of aromatic nitrogens is 1. The van der Waals surface area contributed by atoms with Crippen LogP contribution in [0, 0.1) is 22.7 Å². The van der Waals surface area contributed by atoms with Gasteiger partial charge in [-0.05, 0) is 51.3 Å². The van der Waals surface area contributed by atoms with Crippen LogP contribution in [0.3, 0.4) is 0 Å². The molecule has 0 saturated heterocycles. The Morgan fingerprint density at radius 1 is 0.950 bits per heavy atom. The standard InChI is InChI=1S/C27H32N6O5S2/c1-31(2)14-7-17-33(27-30-22-18-23(37-3)24(38-4)19-25(22)39-27)26(34)20-8-10-21(11-9-20)40(35,36)32(15-5-12-28)16-6-13-29/h8-11,18-19H,5-7,14-17H2,1-4H3. The van der Waals surface area contributed by atoms with Gasteiger partial charge in [0.15, 0.2) is 16.6 Å². The van der Waals surface area contributed by atoms with Gasteiger partial charge in [-0.3, -0.25) is 9.69 Å². The molecule has 1 aromatic heterocycles. The topological polar surface area (TPSA) is 140 Å². The maximum Gasteiger partial charge on any atom is 0.260 e. The van der Waals surface area contributed by atoms with Crippen molar-refractivity contribution >= 4 is 42.6 Å². The molecule has 0 N–H and O–H groups in total. The third-order valence-corrected chi connectivity index (χ3v) is 8.98. The number of hydrogen-bond donors (Lipinski definition) is 0. The molecule has 0 radical (unpaired) electrons. The second kappa shape index (κ2) is 14.1. The number of ether oxygens (including phenoxy) is 2. The molecule has 2 aromatic carbocycles. The maximum absolute atomic E-state index is 13.7. The molecule has 3 aromatic rings. The van der Waals surface area contributed by atoms with Gasteiger partial charge in [-0.2, -0.15) is 14.8 Å². The first-order chi connectivity index (χ1) is 19.2. The largest absolute Gasteiger partial charge is 0.493 e. The lowest BCUT2D eigenvalue weighted by molar-refractivity contribution is 0.0986. The maximum atomic E-state index is 13.7. The minimum absolute atomic E-state index is 0.00303. The Labute approximate surface area is 238 Å². The van der Waals surface area contributed by atoms with E-state index in [1.807, 2.05) is 37.2 Å². The van der Waals surface area contributed by atoms with Gasteiger partial charge >= 0.3 is 0 Å². The Bertz CT molecular complexity index is 1450. The zero-order valence-corrected chi connectivity index (χ0v) is 24.6. The smallest absolute Gasteiger partial charge is 0.260 e.